The van der Waals surface area contributed by atoms with Gasteiger partial charge in [-0.2, -0.15) is 0 Å². The van der Waals surface area contributed by atoms with Crippen molar-refractivity contribution in [3.8, 4) is 23.0 Å². The number of benzene rings is 5. The Morgan fingerprint density at radius 3 is 1.67 bits per heavy atom. The molecule has 5 aromatic carbocycles. The summed E-state index contributed by atoms with van der Waals surface area (Å²) in [7, 11) is 0. The second kappa shape index (κ2) is 11.4. The number of fused-ring (bicyclic) bond motifs is 6. The van der Waals surface area contributed by atoms with E-state index < -0.39 is 0 Å². The molecule has 1 saturated carbocycles. The molecule has 210 valence electrons. The summed E-state index contributed by atoms with van der Waals surface area (Å²) < 4.78 is 18.4. The molecule has 3 nitrogen and oxygen atoms in total. The van der Waals surface area contributed by atoms with E-state index in [1.165, 1.54) is 65.1 Å². The molecule has 1 aliphatic heterocycles. The van der Waals surface area contributed by atoms with Crippen LogP contribution in [0.1, 0.15) is 66.2 Å². The Hall–Kier alpha value is -4.50. The third-order valence-corrected chi connectivity index (χ3v) is 8.87. The van der Waals surface area contributed by atoms with Crippen LogP contribution in [0.4, 0.5) is 0 Å². The molecule has 0 bridgehead atoms. The minimum atomic E-state index is 0.0106. The van der Waals surface area contributed by atoms with Crippen LogP contribution in [0.5, 0.6) is 23.0 Å². The molecule has 0 unspecified atom stereocenters. The molecule has 5 aromatic rings. The van der Waals surface area contributed by atoms with Crippen LogP contribution in [0.2, 0.25) is 0 Å². The van der Waals surface area contributed by atoms with Crippen molar-refractivity contribution in [3.63, 3.8) is 0 Å². The van der Waals surface area contributed by atoms with Gasteiger partial charge in [0.25, 0.3) is 0 Å². The highest BCUT2D eigenvalue weighted by Gasteiger charge is 2.32. The summed E-state index contributed by atoms with van der Waals surface area (Å²) in [6, 6.07) is 30.6. The molecular weight excluding hydrogens is 516 g/mol. The number of hydrogen-bond donors (Lipinski definition) is 0. The van der Waals surface area contributed by atoms with E-state index in [0.717, 1.165) is 33.8 Å². The van der Waals surface area contributed by atoms with Gasteiger partial charge < -0.3 is 14.2 Å². The third-order valence-electron chi connectivity index (χ3n) is 8.87. The van der Waals surface area contributed by atoms with Crippen molar-refractivity contribution < 1.29 is 14.2 Å². The summed E-state index contributed by atoms with van der Waals surface area (Å²) >= 11 is 0. The Morgan fingerprint density at radius 2 is 1.14 bits per heavy atom. The topological polar surface area (TPSA) is 27.7 Å². The fraction of sp³-hybridized carbons (Fsp3) is 0.231. The normalized spacial score (nSPS) is 15.0. The van der Waals surface area contributed by atoms with Gasteiger partial charge in [0, 0.05) is 17.0 Å². The van der Waals surface area contributed by atoms with E-state index in [-0.39, 0.29) is 5.92 Å². The van der Waals surface area contributed by atoms with Crippen molar-refractivity contribution >= 4 is 21.5 Å². The van der Waals surface area contributed by atoms with Crippen molar-refractivity contribution in [1.29, 1.82) is 0 Å². The monoisotopic (exact) mass is 552 g/mol. The zero-order valence-corrected chi connectivity index (χ0v) is 24.0. The lowest BCUT2D eigenvalue weighted by Crippen LogP contribution is -2.13. The maximum atomic E-state index is 6.67. The average Bonchev–Trinajstić information content (AvgIpc) is 3.05. The SMILES string of the molecule is C=CCOc1ccc2c3c(ccc2c1)Oc1ccc2cc(OCC=C)ccc2c1C3c1ccc(C2CCCCC2)cc1. The molecule has 0 atom stereocenters. The molecule has 3 heteroatoms. The second-order valence-corrected chi connectivity index (χ2v) is 11.5. The van der Waals surface area contributed by atoms with Crippen molar-refractivity contribution in [2.75, 3.05) is 13.2 Å². The van der Waals surface area contributed by atoms with Gasteiger partial charge in [0.2, 0.25) is 0 Å². The molecule has 0 amide bonds. The predicted molar refractivity (Wildman–Crippen MR) is 173 cm³/mol. The highest BCUT2D eigenvalue weighted by molar-refractivity contribution is 5.96. The Morgan fingerprint density at radius 1 is 0.619 bits per heavy atom. The van der Waals surface area contributed by atoms with Crippen LogP contribution >= 0.6 is 0 Å². The lowest BCUT2D eigenvalue weighted by atomic mass is 9.77. The summed E-state index contributed by atoms with van der Waals surface area (Å²) in [5, 5.41) is 4.61. The van der Waals surface area contributed by atoms with Crippen molar-refractivity contribution in [2.45, 2.75) is 43.9 Å². The fourth-order valence-electron chi connectivity index (χ4n) is 6.88. The van der Waals surface area contributed by atoms with Gasteiger partial charge in [0.05, 0.1) is 0 Å². The summed E-state index contributed by atoms with van der Waals surface area (Å²) in [6.45, 7) is 8.53. The standard InChI is InChI=1S/C39H36O3/c1-3-22-40-31-16-18-33-29(24-31)14-20-35-38(33)37(28-12-10-27(11-13-28)26-8-6-5-7-9-26)39-34-19-17-32(41-23-4-2)25-30(34)15-21-36(39)42-35/h3-4,10-21,24-26,37H,1-2,5-9,22-23H2. The van der Waals surface area contributed by atoms with Crippen molar-refractivity contribution in [3.05, 3.63) is 132 Å². The third kappa shape index (κ3) is 4.83. The van der Waals surface area contributed by atoms with Crippen LogP contribution in [0, 0.1) is 0 Å². The molecule has 1 heterocycles. The smallest absolute Gasteiger partial charge is 0.132 e. The van der Waals surface area contributed by atoms with Crippen LogP contribution in [0.15, 0.2) is 110 Å². The highest BCUT2D eigenvalue weighted by atomic mass is 16.5. The maximum absolute atomic E-state index is 6.67. The fourth-order valence-corrected chi connectivity index (χ4v) is 6.88. The lowest BCUT2D eigenvalue weighted by Gasteiger charge is -2.31. The first-order chi connectivity index (χ1) is 20.7. The minimum absolute atomic E-state index is 0.0106. The van der Waals surface area contributed by atoms with Gasteiger partial charge in [0.1, 0.15) is 36.2 Å². The van der Waals surface area contributed by atoms with E-state index in [4.69, 9.17) is 14.2 Å². The molecule has 1 aliphatic carbocycles. The van der Waals surface area contributed by atoms with Crippen LogP contribution in [-0.4, -0.2) is 13.2 Å². The Labute approximate surface area is 248 Å². The van der Waals surface area contributed by atoms with Crippen molar-refractivity contribution in [2.24, 2.45) is 0 Å². The molecule has 7 rings (SSSR count). The van der Waals surface area contributed by atoms with Crippen LogP contribution < -0.4 is 14.2 Å². The van der Waals surface area contributed by atoms with E-state index in [1.807, 2.05) is 0 Å². The molecule has 0 aromatic heterocycles. The van der Waals surface area contributed by atoms with E-state index in [9.17, 15) is 0 Å². The largest absolute Gasteiger partial charge is 0.490 e. The van der Waals surface area contributed by atoms with E-state index in [2.05, 4.69) is 98.1 Å². The highest BCUT2D eigenvalue weighted by Crippen LogP contribution is 2.52. The van der Waals surface area contributed by atoms with E-state index in [1.54, 1.807) is 12.2 Å². The van der Waals surface area contributed by atoms with Crippen molar-refractivity contribution in [1.82, 2.24) is 0 Å². The Balaban J connectivity index is 1.40. The molecule has 0 saturated heterocycles. The van der Waals surface area contributed by atoms with Gasteiger partial charge in [-0.25, -0.2) is 0 Å². The van der Waals surface area contributed by atoms with Gasteiger partial charge in [0.15, 0.2) is 0 Å². The summed E-state index contributed by atoms with van der Waals surface area (Å²) in [5.74, 6) is 4.17. The summed E-state index contributed by atoms with van der Waals surface area (Å²) in [4.78, 5) is 0. The van der Waals surface area contributed by atoms with Gasteiger partial charge in [-0.15, -0.1) is 0 Å². The predicted octanol–water partition coefficient (Wildman–Crippen LogP) is 10.5. The van der Waals surface area contributed by atoms with Gasteiger partial charge in [-0.1, -0.05) is 93.1 Å². The maximum Gasteiger partial charge on any atom is 0.132 e. The first-order valence-corrected chi connectivity index (χ1v) is 15.1. The number of hydrogen-bond acceptors (Lipinski definition) is 3. The molecule has 0 radical (unpaired) electrons. The van der Waals surface area contributed by atoms with E-state index in [0.29, 0.717) is 19.1 Å². The van der Waals surface area contributed by atoms with Gasteiger partial charge in [-0.05, 0) is 87.8 Å². The summed E-state index contributed by atoms with van der Waals surface area (Å²) in [6.07, 6.45) is 10.2. The van der Waals surface area contributed by atoms with Crippen LogP contribution in [-0.2, 0) is 0 Å². The molecule has 2 aliphatic rings. The molecule has 1 fully saturated rings. The molecule has 0 N–H and O–H groups in total. The minimum Gasteiger partial charge on any atom is -0.490 e. The second-order valence-electron chi connectivity index (χ2n) is 11.5. The first kappa shape index (κ1) is 26.4. The van der Waals surface area contributed by atoms with Crippen LogP contribution in [0.25, 0.3) is 21.5 Å². The zero-order chi connectivity index (χ0) is 28.5. The number of rotatable bonds is 8. The Kier molecular flexibility index (Phi) is 7.17. The molecular formula is C39H36O3. The Bertz CT molecular complexity index is 1680. The van der Waals surface area contributed by atoms with Crippen LogP contribution in [0.3, 0.4) is 0 Å². The lowest BCUT2D eigenvalue weighted by molar-refractivity contribution is 0.363. The van der Waals surface area contributed by atoms with E-state index >= 15 is 0 Å². The average molecular weight is 553 g/mol. The quantitative estimate of drug-likeness (QED) is 0.176. The number of ether oxygens (including phenoxy) is 3. The molecule has 42 heavy (non-hydrogen) atoms. The summed E-state index contributed by atoms with van der Waals surface area (Å²) in [5.41, 5.74) is 5.13. The van der Waals surface area contributed by atoms with Gasteiger partial charge >= 0.3 is 0 Å². The zero-order valence-electron chi connectivity index (χ0n) is 24.0. The first-order valence-electron chi connectivity index (χ1n) is 15.1. The van der Waals surface area contributed by atoms with Gasteiger partial charge in [-0.3, -0.25) is 0 Å². The molecule has 0 spiro atoms.